The van der Waals surface area contributed by atoms with E-state index in [1.54, 1.807) is 7.11 Å². The Kier molecular flexibility index (Phi) is 2.83. The van der Waals surface area contributed by atoms with E-state index in [0.717, 1.165) is 23.2 Å². The molecule has 0 spiro atoms. The van der Waals surface area contributed by atoms with Gasteiger partial charge in [0.25, 0.3) is 0 Å². The van der Waals surface area contributed by atoms with Crippen LogP contribution >= 0.6 is 0 Å². The number of hydrogen-bond acceptors (Lipinski definition) is 5. The van der Waals surface area contributed by atoms with Gasteiger partial charge in [0, 0.05) is 5.56 Å². The van der Waals surface area contributed by atoms with Crippen LogP contribution < -0.4 is 10.5 Å². The summed E-state index contributed by atoms with van der Waals surface area (Å²) < 4.78 is 7.21. The number of methoxy groups -OCH3 is 1. The maximum absolute atomic E-state index is 6.00. The summed E-state index contributed by atoms with van der Waals surface area (Å²) in [6.07, 6.45) is 5.20. The topological polar surface area (TPSA) is 78.9 Å². The fourth-order valence-corrected chi connectivity index (χ4v) is 3.99. The second kappa shape index (κ2) is 4.72. The molecule has 2 aliphatic rings. The van der Waals surface area contributed by atoms with Crippen LogP contribution in [0.3, 0.4) is 0 Å². The molecule has 110 valence electrons. The van der Waals surface area contributed by atoms with Crippen LogP contribution in [0, 0.1) is 11.8 Å². The van der Waals surface area contributed by atoms with Crippen molar-refractivity contribution in [3.05, 3.63) is 18.2 Å². The number of benzene rings is 1. The highest BCUT2D eigenvalue weighted by molar-refractivity contribution is 5.66. The van der Waals surface area contributed by atoms with E-state index in [-0.39, 0.29) is 0 Å². The van der Waals surface area contributed by atoms with Gasteiger partial charge >= 0.3 is 0 Å². The standard InChI is InChI=1S/C15H19N5O/c1-21-14-5-4-11(8-12(14)16)15-17-18-19-20(15)13-7-9-2-3-10(13)6-9/h4-5,8-10,13H,2-3,6-7,16H2,1H3. The lowest BCUT2D eigenvalue weighted by Crippen LogP contribution is -2.18. The van der Waals surface area contributed by atoms with Crippen molar-refractivity contribution in [1.29, 1.82) is 0 Å². The van der Waals surface area contributed by atoms with Crippen molar-refractivity contribution >= 4 is 5.69 Å². The fourth-order valence-electron chi connectivity index (χ4n) is 3.99. The number of nitrogen functional groups attached to an aromatic ring is 1. The molecule has 3 unspecified atom stereocenters. The molecule has 21 heavy (non-hydrogen) atoms. The Morgan fingerprint density at radius 3 is 2.86 bits per heavy atom. The number of nitrogens with zero attached hydrogens (tertiary/aromatic N) is 4. The number of hydrogen-bond donors (Lipinski definition) is 1. The third kappa shape index (κ3) is 1.97. The van der Waals surface area contributed by atoms with E-state index in [9.17, 15) is 0 Å². The normalized spacial score (nSPS) is 27.2. The SMILES string of the molecule is COc1ccc(-c2nnnn2C2CC3CCC2C3)cc1N. The molecular formula is C15H19N5O. The van der Waals surface area contributed by atoms with E-state index in [1.807, 2.05) is 22.9 Å². The summed E-state index contributed by atoms with van der Waals surface area (Å²) in [5, 5.41) is 12.4. The van der Waals surface area contributed by atoms with Gasteiger partial charge < -0.3 is 10.5 Å². The van der Waals surface area contributed by atoms with Gasteiger partial charge in [-0.15, -0.1) is 5.10 Å². The van der Waals surface area contributed by atoms with Crippen molar-refractivity contribution in [2.75, 3.05) is 12.8 Å². The minimum Gasteiger partial charge on any atom is -0.495 e. The minimum absolute atomic E-state index is 0.442. The number of nitrogens with two attached hydrogens (primary N) is 1. The molecule has 1 heterocycles. The summed E-state index contributed by atoms with van der Waals surface area (Å²) in [7, 11) is 1.62. The number of aromatic nitrogens is 4. The quantitative estimate of drug-likeness (QED) is 0.875. The van der Waals surface area contributed by atoms with Crippen molar-refractivity contribution in [3.8, 4) is 17.1 Å². The van der Waals surface area contributed by atoms with Crippen LogP contribution in [0.1, 0.15) is 31.7 Å². The third-order valence-electron chi connectivity index (χ3n) is 5.00. The van der Waals surface area contributed by atoms with Gasteiger partial charge in [-0.05, 0) is 59.7 Å². The van der Waals surface area contributed by atoms with Crippen LogP contribution in [0.2, 0.25) is 0 Å². The van der Waals surface area contributed by atoms with Gasteiger partial charge in [-0.1, -0.05) is 6.42 Å². The van der Waals surface area contributed by atoms with E-state index in [4.69, 9.17) is 10.5 Å². The molecule has 2 fully saturated rings. The fraction of sp³-hybridized carbons (Fsp3) is 0.533. The van der Waals surface area contributed by atoms with Crippen molar-refractivity contribution in [2.24, 2.45) is 11.8 Å². The summed E-state index contributed by atoms with van der Waals surface area (Å²) in [6, 6.07) is 6.15. The Bertz CT molecular complexity index is 668. The molecule has 0 saturated heterocycles. The number of fused-ring (bicyclic) bond motifs is 2. The molecule has 0 radical (unpaired) electrons. The Morgan fingerprint density at radius 1 is 1.29 bits per heavy atom. The highest BCUT2D eigenvalue weighted by Gasteiger charge is 2.42. The maximum Gasteiger partial charge on any atom is 0.182 e. The van der Waals surface area contributed by atoms with Crippen LogP contribution in [0.5, 0.6) is 5.75 Å². The first kappa shape index (κ1) is 12.6. The van der Waals surface area contributed by atoms with Crippen LogP contribution in [-0.2, 0) is 0 Å². The molecule has 1 aromatic heterocycles. The summed E-state index contributed by atoms with van der Waals surface area (Å²) in [5.74, 6) is 3.07. The average molecular weight is 285 g/mol. The molecule has 0 amide bonds. The summed E-state index contributed by atoms with van der Waals surface area (Å²) in [6.45, 7) is 0. The van der Waals surface area contributed by atoms with Crippen molar-refractivity contribution in [1.82, 2.24) is 20.2 Å². The summed E-state index contributed by atoms with van der Waals surface area (Å²) in [4.78, 5) is 0. The third-order valence-corrected chi connectivity index (χ3v) is 5.00. The molecule has 2 bridgehead atoms. The largest absolute Gasteiger partial charge is 0.495 e. The minimum atomic E-state index is 0.442. The van der Waals surface area contributed by atoms with E-state index >= 15 is 0 Å². The lowest BCUT2D eigenvalue weighted by Gasteiger charge is -2.22. The maximum atomic E-state index is 6.00. The lowest BCUT2D eigenvalue weighted by molar-refractivity contribution is 0.304. The first-order valence-electron chi connectivity index (χ1n) is 7.48. The van der Waals surface area contributed by atoms with Crippen LogP contribution in [-0.4, -0.2) is 27.3 Å². The number of rotatable bonds is 3. The monoisotopic (exact) mass is 285 g/mol. The summed E-state index contributed by atoms with van der Waals surface area (Å²) in [5.41, 5.74) is 7.55. The molecule has 1 aromatic carbocycles. The molecule has 2 N–H and O–H groups in total. The molecule has 3 atom stereocenters. The summed E-state index contributed by atoms with van der Waals surface area (Å²) >= 11 is 0. The number of anilines is 1. The van der Waals surface area contributed by atoms with Crippen LogP contribution in [0.25, 0.3) is 11.4 Å². The zero-order valence-corrected chi connectivity index (χ0v) is 12.1. The van der Waals surface area contributed by atoms with Crippen LogP contribution in [0.4, 0.5) is 5.69 Å². The predicted molar refractivity (Wildman–Crippen MR) is 78.7 cm³/mol. The average Bonchev–Trinajstić information content (AvgIpc) is 3.22. The smallest absolute Gasteiger partial charge is 0.182 e. The van der Waals surface area contributed by atoms with E-state index in [1.165, 1.54) is 25.7 Å². The van der Waals surface area contributed by atoms with Crippen LogP contribution in [0.15, 0.2) is 18.2 Å². The van der Waals surface area contributed by atoms with Gasteiger partial charge in [0.1, 0.15) is 5.75 Å². The molecular weight excluding hydrogens is 266 g/mol. The molecule has 6 nitrogen and oxygen atoms in total. The Morgan fingerprint density at radius 2 is 2.19 bits per heavy atom. The molecule has 6 heteroatoms. The Hall–Kier alpha value is -2.11. The van der Waals surface area contributed by atoms with E-state index in [2.05, 4.69) is 15.5 Å². The highest BCUT2D eigenvalue weighted by Crippen LogP contribution is 2.51. The zero-order valence-electron chi connectivity index (χ0n) is 12.1. The Labute approximate surface area is 123 Å². The molecule has 2 aromatic rings. The first-order chi connectivity index (χ1) is 10.3. The lowest BCUT2D eigenvalue weighted by atomic mass is 9.95. The number of ether oxygens (including phenoxy) is 1. The highest BCUT2D eigenvalue weighted by atomic mass is 16.5. The van der Waals surface area contributed by atoms with Crippen molar-refractivity contribution < 1.29 is 4.74 Å². The second-order valence-corrected chi connectivity index (χ2v) is 6.15. The van der Waals surface area contributed by atoms with Crippen molar-refractivity contribution in [2.45, 2.75) is 31.7 Å². The molecule has 4 rings (SSSR count). The molecule has 2 saturated carbocycles. The zero-order chi connectivity index (χ0) is 14.4. The van der Waals surface area contributed by atoms with Gasteiger partial charge in [0.05, 0.1) is 18.8 Å². The predicted octanol–water partition coefficient (Wildman–Crippen LogP) is 2.29. The van der Waals surface area contributed by atoms with E-state index < -0.39 is 0 Å². The molecule has 0 aliphatic heterocycles. The first-order valence-corrected chi connectivity index (χ1v) is 7.48. The van der Waals surface area contributed by atoms with Gasteiger partial charge in [-0.25, -0.2) is 4.68 Å². The van der Waals surface area contributed by atoms with Crippen molar-refractivity contribution in [3.63, 3.8) is 0 Å². The second-order valence-electron chi connectivity index (χ2n) is 6.15. The number of tetrazole rings is 1. The van der Waals surface area contributed by atoms with E-state index in [0.29, 0.717) is 17.5 Å². The van der Waals surface area contributed by atoms with Gasteiger partial charge in [0.15, 0.2) is 5.82 Å². The van der Waals surface area contributed by atoms with Gasteiger partial charge in [-0.2, -0.15) is 0 Å². The molecule has 2 aliphatic carbocycles. The Balaban J connectivity index is 1.70. The van der Waals surface area contributed by atoms with Gasteiger partial charge in [0.2, 0.25) is 0 Å². The van der Waals surface area contributed by atoms with Gasteiger partial charge in [-0.3, -0.25) is 0 Å².